The van der Waals surface area contributed by atoms with Crippen LogP contribution in [0.25, 0.3) is 28.5 Å². The zero-order chi connectivity index (χ0) is 23.2. The van der Waals surface area contributed by atoms with Crippen molar-refractivity contribution in [1.82, 2.24) is 34.6 Å². The third kappa shape index (κ3) is 4.09. The van der Waals surface area contributed by atoms with E-state index in [2.05, 4.69) is 25.4 Å². The Morgan fingerprint density at radius 3 is 2.42 bits per heavy atom. The topological polar surface area (TPSA) is 86.9 Å². The molecule has 0 saturated carbocycles. The number of hydrogen-bond acceptors (Lipinski definition) is 6. The van der Waals surface area contributed by atoms with Crippen molar-refractivity contribution >= 4 is 5.65 Å². The van der Waals surface area contributed by atoms with Crippen LogP contribution in [-0.4, -0.2) is 34.6 Å². The van der Waals surface area contributed by atoms with E-state index >= 15 is 0 Å². The van der Waals surface area contributed by atoms with Gasteiger partial charge in [0.15, 0.2) is 17.0 Å². The molecule has 0 atom stereocenters. The van der Waals surface area contributed by atoms with Gasteiger partial charge in [-0.25, -0.2) is 9.50 Å². The summed E-state index contributed by atoms with van der Waals surface area (Å²) < 4.78 is 49.6. The van der Waals surface area contributed by atoms with Crippen molar-refractivity contribution in [3.05, 3.63) is 71.5 Å². The maximum Gasteiger partial charge on any atom is 0.433 e. The zero-order valence-electron chi connectivity index (χ0n) is 17.7. The average molecular weight is 453 g/mol. The number of rotatable bonds is 5. The third-order valence-corrected chi connectivity index (χ3v) is 5.11. The van der Waals surface area contributed by atoms with Crippen molar-refractivity contribution in [2.24, 2.45) is 0 Å². The van der Waals surface area contributed by atoms with Gasteiger partial charge in [-0.05, 0) is 26.0 Å². The van der Waals surface area contributed by atoms with E-state index in [1.54, 1.807) is 30.3 Å². The van der Waals surface area contributed by atoms with E-state index in [1.807, 2.05) is 24.6 Å². The van der Waals surface area contributed by atoms with Crippen LogP contribution >= 0.6 is 0 Å². The molecule has 5 rings (SSSR count). The first-order chi connectivity index (χ1) is 15.8. The lowest BCUT2D eigenvalue weighted by Crippen LogP contribution is -2.13. The summed E-state index contributed by atoms with van der Waals surface area (Å²) in [6.07, 6.45) is -4.21. The maximum atomic E-state index is 13.8. The van der Waals surface area contributed by atoms with Crippen molar-refractivity contribution in [3.63, 3.8) is 0 Å². The first-order valence-corrected chi connectivity index (χ1v) is 10.2. The molecule has 0 unspecified atom stereocenters. The van der Waals surface area contributed by atoms with Crippen molar-refractivity contribution in [1.29, 1.82) is 0 Å². The van der Waals surface area contributed by atoms with Gasteiger partial charge in [0, 0.05) is 30.3 Å². The van der Waals surface area contributed by atoms with E-state index in [9.17, 15) is 13.2 Å². The van der Waals surface area contributed by atoms with Gasteiger partial charge in [0.25, 0.3) is 5.89 Å². The molecular weight excluding hydrogens is 435 g/mol. The number of alkyl halides is 3. The number of hydrogen-bond donors (Lipinski definition) is 0. The first-order valence-electron chi connectivity index (χ1n) is 10.2. The number of fused-ring (bicyclic) bond motifs is 1. The highest BCUT2D eigenvalue weighted by Crippen LogP contribution is 2.33. The fraction of sp³-hybridized carbons (Fsp3) is 0.227. The molecule has 168 valence electrons. The van der Waals surface area contributed by atoms with Gasteiger partial charge in [-0.3, -0.25) is 4.68 Å². The Hall–Kier alpha value is -4.02. The molecule has 0 N–H and O–H groups in total. The lowest BCUT2D eigenvalue weighted by atomic mass is 10.1. The molecule has 4 heterocycles. The molecule has 0 bridgehead atoms. The fourth-order valence-electron chi connectivity index (χ4n) is 3.60. The second kappa shape index (κ2) is 7.84. The van der Waals surface area contributed by atoms with E-state index in [0.717, 1.165) is 22.0 Å². The van der Waals surface area contributed by atoms with Crippen LogP contribution in [0.2, 0.25) is 0 Å². The van der Waals surface area contributed by atoms with E-state index < -0.39 is 11.9 Å². The smallest absolute Gasteiger partial charge is 0.419 e. The second-order valence-electron chi connectivity index (χ2n) is 7.59. The SMILES string of the molecule is Cc1cc(C)n(CCc2nnc(-c3cc4nc(-c5ccccc5)cc(C(F)(F)F)n4n3)o2)n1. The van der Waals surface area contributed by atoms with Crippen LogP contribution in [0.1, 0.15) is 23.0 Å². The monoisotopic (exact) mass is 453 g/mol. The summed E-state index contributed by atoms with van der Waals surface area (Å²) >= 11 is 0. The summed E-state index contributed by atoms with van der Waals surface area (Å²) in [6, 6.07) is 13.0. The molecule has 0 aliphatic rings. The van der Waals surface area contributed by atoms with Crippen LogP contribution in [0.15, 0.2) is 52.9 Å². The lowest BCUT2D eigenvalue weighted by Gasteiger charge is -2.10. The Labute approximate surface area is 185 Å². The molecule has 33 heavy (non-hydrogen) atoms. The van der Waals surface area contributed by atoms with Gasteiger partial charge in [-0.1, -0.05) is 30.3 Å². The highest BCUT2D eigenvalue weighted by molar-refractivity contribution is 5.65. The van der Waals surface area contributed by atoms with E-state index in [-0.39, 0.29) is 22.9 Å². The average Bonchev–Trinajstić information content (AvgIpc) is 3.49. The summed E-state index contributed by atoms with van der Waals surface area (Å²) in [4.78, 5) is 4.36. The van der Waals surface area contributed by atoms with Gasteiger partial charge in [0.2, 0.25) is 5.89 Å². The molecule has 5 aromatic rings. The standard InChI is InChI=1S/C22H18F3N7O/c1-13-10-14(2)31(29-13)9-8-20-27-28-21(33-20)17-12-19-26-16(15-6-4-3-5-7-15)11-18(22(23,24)25)32(19)30-17/h3-7,10-12H,8-9H2,1-2H3. The summed E-state index contributed by atoms with van der Waals surface area (Å²) in [6.45, 7) is 4.39. The molecular formula is C22H18F3N7O. The van der Waals surface area contributed by atoms with E-state index in [4.69, 9.17) is 4.42 Å². The Balaban J connectivity index is 1.49. The van der Waals surface area contributed by atoms with Crippen LogP contribution in [0, 0.1) is 13.8 Å². The summed E-state index contributed by atoms with van der Waals surface area (Å²) in [5, 5.41) is 16.4. The maximum absolute atomic E-state index is 13.8. The molecule has 0 amide bonds. The van der Waals surface area contributed by atoms with E-state index in [1.165, 1.54) is 6.07 Å². The molecule has 0 radical (unpaired) electrons. The van der Waals surface area contributed by atoms with Crippen LogP contribution < -0.4 is 0 Å². The number of nitrogens with zero attached hydrogens (tertiary/aromatic N) is 7. The van der Waals surface area contributed by atoms with Gasteiger partial charge in [-0.15, -0.1) is 10.2 Å². The summed E-state index contributed by atoms with van der Waals surface area (Å²) in [7, 11) is 0. The highest BCUT2D eigenvalue weighted by atomic mass is 19.4. The van der Waals surface area contributed by atoms with Crippen LogP contribution in [0.4, 0.5) is 13.2 Å². The summed E-state index contributed by atoms with van der Waals surface area (Å²) in [5.74, 6) is 0.363. The minimum atomic E-state index is -4.63. The van der Waals surface area contributed by atoms with Gasteiger partial charge in [0.1, 0.15) is 0 Å². The van der Waals surface area contributed by atoms with Gasteiger partial charge >= 0.3 is 6.18 Å². The molecule has 1 aromatic carbocycles. The van der Waals surface area contributed by atoms with Crippen LogP contribution in [-0.2, 0) is 19.1 Å². The third-order valence-electron chi connectivity index (χ3n) is 5.11. The van der Waals surface area contributed by atoms with Crippen LogP contribution in [0.3, 0.4) is 0 Å². The predicted octanol–water partition coefficient (Wildman–Crippen LogP) is 4.52. The number of aryl methyl sites for hydroxylation is 4. The van der Waals surface area contributed by atoms with Gasteiger partial charge in [0.05, 0.1) is 11.4 Å². The molecule has 0 aliphatic heterocycles. The van der Waals surface area contributed by atoms with E-state index in [0.29, 0.717) is 24.4 Å². The largest absolute Gasteiger partial charge is 0.433 e. The predicted molar refractivity (Wildman–Crippen MR) is 112 cm³/mol. The van der Waals surface area contributed by atoms with Crippen LogP contribution in [0.5, 0.6) is 0 Å². The quantitative estimate of drug-likeness (QED) is 0.389. The van der Waals surface area contributed by atoms with Crippen molar-refractivity contribution in [3.8, 4) is 22.8 Å². The summed E-state index contributed by atoms with van der Waals surface area (Å²) in [5.41, 5.74) is 1.88. The number of aromatic nitrogens is 7. The highest BCUT2D eigenvalue weighted by Gasteiger charge is 2.35. The van der Waals surface area contributed by atoms with Crippen molar-refractivity contribution < 1.29 is 17.6 Å². The molecule has 0 spiro atoms. The minimum Gasteiger partial charge on any atom is -0.419 e. The Bertz CT molecular complexity index is 1430. The fourth-order valence-corrected chi connectivity index (χ4v) is 3.60. The Kier molecular flexibility index (Phi) is 4.95. The Morgan fingerprint density at radius 2 is 1.73 bits per heavy atom. The second-order valence-corrected chi connectivity index (χ2v) is 7.59. The molecule has 8 nitrogen and oxygen atoms in total. The van der Waals surface area contributed by atoms with Crippen molar-refractivity contribution in [2.75, 3.05) is 0 Å². The normalized spacial score (nSPS) is 12.0. The number of benzene rings is 1. The molecule has 0 saturated heterocycles. The lowest BCUT2D eigenvalue weighted by molar-refractivity contribution is -0.142. The molecule has 4 aromatic heterocycles. The molecule has 0 fully saturated rings. The van der Waals surface area contributed by atoms with Gasteiger partial charge < -0.3 is 4.42 Å². The zero-order valence-corrected chi connectivity index (χ0v) is 17.7. The number of halogens is 3. The molecule has 0 aliphatic carbocycles. The minimum absolute atomic E-state index is 0.0262. The Morgan fingerprint density at radius 1 is 0.939 bits per heavy atom. The van der Waals surface area contributed by atoms with Crippen molar-refractivity contribution in [2.45, 2.75) is 33.0 Å². The molecule has 11 heteroatoms. The van der Waals surface area contributed by atoms with Gasteiger partial charge in [-0.2, -0.15) is 23.4 Å². The first kappa shape index (κ1) is 20.9.